The van der Waals surface area contributed by atoms with Gasteiger partial charge in [-0.15, -0.1) is 0 Å². The van der Waals surface area contributed by atoms with Gasteiger partial charge in [0.1, 0.15) is 29.8 Å². The molecule has 59 heavy (non-hydrogen) atoms. The fraction of sp³-hybridized carbons (Fsp3) is 0.714. The van der Waals surface area contributed by atoms with Gasteiger partial charge in [-0.1, -0.05) is 24.3 Å². The van der Waals surface area contributed by atoms with Crippen LogP contribution in [0.25, 0.3) is 0 Å². The first-order valence-corrected chi connectivity index (χ1v) is 20.9. The summed E-state index contributed by atoms with van der Waals surface area (Å²) in [6.07, 6.45) is 3.64. The Balaban J connectivity index is 1.35. The molecule has 5 atom stereocenters. The van der Waals surface area contributed by atoms with Gasteiger partial charge in [0.25, 0.3) is 0 Å². The molecule has 1 aromatic carbocycles. The third-order valence-electron chi connectivity index (χ3n) is 11.0. The molecule has 17 heteroatoms. The second-order valence-electron chi connectivity index (χ2n) is 16.7. The van der Waals surface area contributed by atoms with E-state index in [1.807, 2.05) is 18.2 Å². The molecule has 0 radical (unpaired) electrons. The van der Waals surface area contributed by atoms with Crippen LogP contribution in [0.2, 0.25) is 0 Å². The molecule has 4 amide bonds. The number of hydrogen-bond donors (Lipinski definition) is 4. The van der Waals surface area contributed by atoms with Gasteiger partial charge in [0, 0.05) is 19.6 Å². The average molecular weight is 832 g/mol. The lowest BCUT2D eigenvalue weighted by atomic mass is 9.81. The van der Waals surface area contributed by atoms with Crippen molar-refractivity contribution >= 4 is 35.8 Å². The summed E-state index contributed by atoms with van der Waals surface area (Å²) >= 11 is 0. The molecule has 1 saturated heterocycles. The highest BCUT2D eigenvalue weighted by molar-refractivity contribution is 5.94. The number of benzene rings is 1. The van der Waals surface area contributed by atoms with Crippen LogP contribution in [0, 0.1) is 5.92 Å². The van der Waals surface area contributed by atoms with Crippen molar-refractivity contribution < 1.29 is 57.6 Å². The largest absolute Gasteiger partial charge is 0.481 e. The van der Waals surface area contributed by atoms with Gasteiger partial charge < -0.3 is 50.1 Å². The number of fused-ring (bicyclic) bond motifs is 1. The zero-order valence-corrected chi connectivity index (χ0v) is 35.3. The van der Waals surface area contributed by atoms with Crippen LogP contribution >= 0.6 is 0 Å². The van der Waals surface area contributed by atoms with E-state index < -0.39 is 59.6 Å². The number of amides is 4. The standard InChI is InChI=1S/C42H65N5O12/c1-27(46(5)41(54)59-42(2,3)4)38(51)45-37(29-13-15-31(16-14-29)58-36(50)18-20-56-22-24-57-23-21-55-19-17-35(48)49)40(53)47-26-30(43)25-34(47)39(52)44-33-12-8-10-28-9-6-7-11-32(28)33/h6-7,9,11,27,29-31,33-34,37H,8,10,12-26,43H2,1-5H3,(H,44,52)(H,45,51)(H,48,49)/t27-,29?,30-,31?,33+,34-,37-/m0/s1. The molecule has 3 aliphatic rings. The number of aliphatic carboxylic acids is 1. The number of carboxylic acid groups (broad SMARTS) is 1. The Kier molecular flexibility index (Phi) is 18.4. The third kappa shape index (κ3) is 15.0. The molecule has 0 spiro atoms. The van der Waals surface area contributed by atoms with E-state index in [9.17, 15) is 28.8 Å². The first-order chi connectivity index (χ1) is 28.0. The summed E-state index contributed by atoms with van der Waals surface area (Å²) in [4.78, 5) is 81.1. The van der Waals surface area contributed by atoms with Crippen molar-refractivity contribution in [2.75, 3.05) is 53.2 Å². The highest BCUT2D eigenvalue weighted by Crippen LogP contribution is 2.33. The molecular weight excluding hydrogens is 766 g/mol. The number of aryl methyl sites for hydroxylation is 1. The number of likely N-dealkylation sites (N-methyl/N-ethyl adjacent to an activating group) is 1. The summed E-state index contributed by atoms with van der Waals surface area (Å²) in [5.74, 6) is -2.95. The van der Waals surface area contributed by atoms with Gasteiger partial charge in [0.15, 0.2) is 0 Å². The average Bonchev–Trinajstić information content (AvgIpc) is 3.59. The predicted molar refractivity (Wildman–Crippen MR) is 215 cm³/mol. The normalized spacial score (nSPS) is 22.7. The molecule has 330 valence electrons. The maximum atomic E-state index is 14.6. The van der Waals surface area contributed by atoms with E-state index in [1.165, 1.54) is 22.4 Å². The molecule has 0 aromatic heterocycles. The Morgan fingerprint density at radius 2 is 1.54 bits per heavy atom. The van der Waals surface area contributed by atoms with Crippen LogP contribution in [0.5, 0.6) is 0 Å². The smallest absolute Gasteiger partial charge is 0.410 e. The second-order valence-corrected chi connectivity index (χ2v) is 16.7. The van der Waals surface area contributed by atoms with E-state index in [0.29, 0.717) is 32.3 Å². The van der Waals surface area contributed by atoms with Crippen LogP contribution < -0.4 is 16.4 Å². The molecule has 1 aromatic rings. The summed E-state index contributed by atoms with van der Waals surface area (Å²) in [7, 11) is 1.46. The van der Waals surface area contributed by atoms with Crippen molar-refractivity contribution in [2.45, 2.75) is 134 Å². The van der Waals surface area contributed by atoms with Crippen molar-refractivity contribution in [1.29, 1.82) is 0 Å². The lowest BCUT2D eigenvalue weighted by Crippen LogP contribution is -2.59. The first kappa shape index (κ1) is 47.4. The summed E-state index contributed by atoms with van der Waals surface area (Å²) in [5, 5.41) is 14.7. The first-order valence-electron chi connectivity index (χ1n) is 20.9. The van der Waals surface area contributed by atoms with E-state index in [2.05, 4.69) is 16.7 Å². The predicted octanol–water partition coefficient (Wildman–Crippen LogP) is 2.87. The Hall–Kier alpha value is -4.32. The number of carboxylic acids is 1. The SMILES string of the molecule is C[C@@H](C(=O)N[C@H](C(=O)N1C[C@@H](N)C[C@H]1C(=O)N[C@@H]1CCCc2ccccc21)C1CCC(OC(=O)CCOCCOCCOCCC(=O)O)CC1)N(C)C(=O)OC(C)(C)C. The van der Waals surface area contributed by atoms with Gasteiger partial charge in [-0.3, -0.25) is 28.9 Å². The summed E-state index contributed by atoms with van der Waals surface area (Å²) in [6.45, 7) is 8.27. The van der Waals surface area contributed by atoms with Gasteiger partial charge in [-0.2, -0.15) is 0 Å². The molecule has 0 unspecified atom stereocenters. The maximum Gasteiger partial charge on any atom is 0.410 e. The molecule has 0 bridgehead atoms. The molecule has 1 aliphatic heterocycles. The number of nitrogens with one attached hydrogen (secondary N) is 2. The van der Waals surface area contributed by atoms with Crippen LogP contribution in [0.3, 0.4) is 0 Å². The molecule has 4 rings (SSSR count). The Bertz CT molecular complexity index is 1580. The van der Waals surface area contributed by atoms with E-state index >= 15 is 0 Å². The van der Waals surface area contributed by atoms with Crippen molar-refractivity contribution in [3.05, 3.63) is 35.4 Å². The molecule has 1 heterocycles. The highest BCUT2D eigenvalue weighted by atomic mass is 16.6. The van der Waals surface area contributed by atoms with Crippen LogP contribution in [-0.4, -0.2) is 140 Å². The number of esters is 1. The maximum absolute atomic E-state index is 14.6. The number of rotatable bonds is 20. The Labute approximate surface area is 347 Å². The number of nitrogens with zero attached hydrogens (tertiary/aromatic N) is 2. The molecule has 17 nitrogen and oxygen atoms in total. The molecule has 1 saturated carbocycles. The monoisotopic (exact) mass is 831 g/mol. The number of ether oxygens (including phenoxy) is 5. The minimum absolute atomic E-state index is 0.0452. The minimum atomic E-state index is -1.03. The van der Waals surface area contributed by atoms with E-state index in [-0.39, 0.29) is 82.8 Å². The Morgan fingerprint density at radius 1 is 0.915 bits per heavy atom. The lowest BCUT2D eigenvalue weighted by molar-refractivity contribution is -0.153. The fourth-order valence-electron chi connectivity index (χ4n) is 7.68. The van der Waals surface area contributed by atoms with Crippen molar-refractivity contribution in [2.24, 2.45) is 11.7 Å². The van der Waals surface area contributed by atoms with Crippen molar-refractivity contribution in [3.8, 4) is 0 Å². The molecule has 2 fully saturated rings. The van der Waals surface area contributed by atoms with Gasteiger partial charge in [0.2, 0.25) is 17.7 Å². The molecule has 2 aliphatic carbocycles. The zero-order valence-electron chi connectivity index (χ0n) is 35.3. The lowest BCUT2D eigenvalue weighted by Gasteiger charge is -2.37. The van der Waals surface area contributed by atoms with Crippen molar-refractivity contribution in [3.63, 3.8) is 0 Å². The van der Waals surface area contributed by atoms with Crippen LogP contribution in [0.4, 0.5) is 4.79 Å². The van der Waals surface area contributed by atoms with E-state index in [4.69, 9.17) is 34.5 Å². The zero-order chi connectivity index (χ0) is 43.1. The topological polar surface area (TPSA) is 225 Å². The van der Waals surface area contributed by atoms with Crippen LogP contribution in [0.1, 0.15) is 103 Å². The number of likely N-dealkylation sites (tertiary alicyclic amines) is 1. The number of nitrogens with two attached hydrogens (primary N) is 1. The summed E-state index contributed by atoms with van der Waals surface area (Å²) < 4.78 is 27.2. The number of hydrogen-bond acceptors (Lipinski definition) is 12. The van der Waals surface area contributed by atoms with Gasteiger partial charge in [-0.25, -0.2) is 4.79 Å². The van der Waals surface area contributed by atoms with Gasteiger partial charge in [-0.05, 0) is 96.1 Å². The van der Waals surface area contributed by atoms with Gasteiger partial charge in [0.05, 0.1) is 58.5 Å². The summed E-state index contributed by atoms with van der Waals surface area (Å²) in [5.41, 5.74) is 7.90. The van der Waals surface area contributed by atoms with E-state index in [1.54, 1.807) is 27.7 Å². The van der Waals surface area contributed by atoms with Crippen molar-refractivity contribution in [1.82, 2.24) is 20.4 Å². The van der Waals surface area contributed by atoms with Crippen LogP contribution in [-0.2, 0) is 54.1 Å². The molecular formula is C42H65N5O12. The van der Waals surface area contributed by atoms with E-state index in [0.717, 1.165) is 24.8 Å². The highest BCUT2D eigenvalue weighted by Gasteiger charge is 2.45. The Morgan fingerprint density at radius 3 is 2.19 bits per heavy atom. The number of carbonyl (C=O) groups is 6. The fourth-order valence-corrected chi connectivity index (χ4v) is 7.68. The molecule has 5 N–H and O–H groups in total. The minimum Gasteiger partial charge on any atom is -0.481 e. The summed E-state index contributed by atoms with van der Waals surface area (Å²) in [6, 6.07) is 4.57. The van der Waals surface area contributed by atoms with Crippen LogP contribution in [0.15, 0.2) is 24.3 Å². The second kappa shape index (κ2) is 22.9. The van der Waals surface area contributed by atoms with Gasteiger partial charge >= 0.3 is 18.0 Å². The third-order valence-corrected chi connectivity index (χ3v) is 11.0. The quantitative estimate of drug-likeness (QED) is 0.110. The number of carbonyl (C=O) groups excluding carboxylic acids is 5.